The van der Waals surface area contributed by atoms with Gasteiger partial charge in [-0.25, -0.2) is 0 Å². The predicted octanol–water partition coefficient (Wildman–Crippen LogP) is 2.49. The molecule has 1 atom stereocenters. The van der Waals surface area contributed by atoms with Crippen molar-refractivity contribution in [2.75, 3.05) is 11.5 Å². The topological polar surface area (TPSA) is 64.4 Å². The van der Waals surface area contributed by atoms with Crippen LogP contribution in [0, 0.1) is 13.8 Å². The molecule has 6 nitrogen and oxygen atoms in total. The predicted molar refractivity (Wildman–Crippen MR) is 99.1 cm³/mol. The number of hydrogen-bond donors (Lipinski definition) is 0. The first-order valence-corrected chi connectivity index (χ1v) is 8.93. The number of para-hydroxylation sites is 1. The molecule has 0 fully saturated rings. The fourth-order valence-corrected chi connectivity index (χ4v) is 3.55. The number of benzene rings is 1. The molecule has 0 N–H and O–H groups in total. The largest absolute Gasteiger partial charge is 0.455 e. The average molecular weight is 355 g/mol. The second kappa shape index (κ2) is 7.32. The van der Waals surface area contributed by atoms with Crippen molar-refractivity contribution in [1.29, 1.82) is 0 Å². The summed E-state index contributed by atoms with van der Waals surface area (Å²) < 4.78 is 7.02. The van der Waals surface area contributed by atoms with E-state index in [2.05, 4.69) is 5.10 Å². The minimum absolute atomic E-state index is 0.0962. The van der Waals surface area contributed by atoms with Crippen molar-refractivity contribution < 1.29 is 14.3 Å². The molecular formula is C20H25N3O3. The fourth-order valence-electron chi connectivity index (χ4n) is 3.55. The SMILES string of the molecule is Cc1nn(C)c(C)c1CC(=O)OCC(=O)N1c2ccccc2CC[C@@H]1C. The summed E-state index contributed by atoms with van der Waals surface area (Å²) in [5.74, 6) is -0.590. The van der Waals surface area contributed by atoms with Gasteiger partial charge in [0.05, 0.1) is 12.1 Å². The lowest BCUT2D eigenvalue weighted by Crippen LogP contribution is -2.44. The number of amides is 1. The molecule has 0 bridgehead atoms. The van der Waals surface area contributed by atoms with Gasteiger partial charge in [0.15, 0.2) is 6.61 Å². The highest BCUT2D eigenvalue weighted by molar-refractivity contribution is 5.97. The lowest BCUT2D eigenvalue weighted by molar-refractivity contribution is -0.147. The smallest absolute Gasteiger partial charge is 0.310 e. The van der Waals surface area contributed by atoms with Crippen molar-refractivity contribution in [2.45, 2.75) is 46.1 Å². The lowest BCUT2D eigenvalue weighted by atomic mass is 9.96. The molecule has 1 aliphatic rings. The Morgan fingerprint density at radius 3 is 2.69 bits per heavy atom. The summed E-state index contributed by atoms with van der Waals surface area (Å²) in [7, 11) is 1.84. The zero-order chi connectivity index (χ0) is 18.8. The summed E-state index contributed by atoms with van der Waals surface area (Å²) >= 11 is 0. The number of carbonyl (C=O) groups excluding carboxylic acids is 2. The number of rotatable bonds is 4. The zero-order valence-corrected chi connectivity index (χ0v) is 15.8. The van der Waals surface area contributed by atoms with Gasteiger partial charge >= 0.3 is 5.97 Å². The quantitative estimate of drug-likeness (QED) is 0.791. The van der Waals surface area contributed by atoms with Crippen molar-refractivity contribution in [3.63, 3.8) is 0 Å². The molecule has 0 radical (unpaired) electrons. The number of aryl methyl sites for hydroxylation is 3. The van der Waals surface area contributed by atoms with Crippen LogP contribution in [0.5, 0.6) is 0 Å². The maximum atomic E-state index is 12.7. The minimum atomic E-state index is -0.407. The van der Waals surface area contributed by atoms with Gasteiger partial charge in [-0.1, -0.05) is 18.2 Å². The molecule has 2 heterocycles. The van der Waals surface area contributed by atoms with E-state index < -0.39 is 5.97 Å². The Hall–Kier alpha value is -2.63. The summed E-state index contributed by atoms with van der Waals surface area (Å²) in [6, 6.07) is 8.00. The Kier molecular flexibility index (Phi) is 5.11. The average Bonchev–Trinajstić information content (AvgIpc) is 2.85. The molecule has 2 aromatic rings. The van der Waals surface area contributed by atoms with Crippen LogP contribution in [0.15, 0.2) is 24.3 Å². The van der Waals surface area contributed by atoms with Gasteiger partial charge in [-0.2, -0.15) is 5.10 Å². The molecule has 0 saturated heterocycles. The zero-order valence-electron chi connectivity index (χ0n) is 15.8. The Balaban J connectivity index is 1.64. The van der Waals surface area contributed by atoms with Gasteiger partial charge in [-0.05, 0) is 45.2 Å². The maximum Gasteiger partial charge on any atom is 0.310 e. The second-order valence-corrected chi connectivity index (χ2v) is 6.89. The molecule has 1 aromatic heterocycles. The van der Waals surface area contributed by atoms with E-state index in [0.29, 0.717) is 0 Å². The summed E-state index contributed by atoms with van der Waals surface area (Å²) in [4.78, 5) is 26.7. The van der Waals surface area contributed by atoms with Crippen LogP contribution in [0.25, 0.3) is 0 Å². The van der Waals surface area contributed by atoms with Crippen molar-refractivity contribution in [3.8, 4) is 0 Å². The van der Waals surface area contributed by atoms with Crippen molar-refractivity contribution in [3.05, 3.63) is 46.8 Å². The number of esters is 1. The first-order chi connectivity index (χ1) is 12.4. The van der Waals surface area contributed by atoms with E-state index in [1.807, 2.05) is 52.1 Å². The van der Waals surface area contributed by atoms with Crippen LogP contribution >= 0.6 is 0 Å². The van der Waals surface area contributed by atoms with Crippen molar-refractivity contribution >= 4 is 17.6 Å². The van der Waals surface area contributed by atoms with Crippen LogP contribution < -0.4 is 4.90 Å². The first kappa shape index (κ1) is 18.2. The summed E-state index contributed by atoms with van der Waals surface area (Å²) in [5.41, 5.74) is 4.69. The van der Waals surface area contributed by atoms with E-state index in [4.69, 9.17) is 4.74 Å². The summed E-state index contributed by atoms with van der Waals surface area (Å²) in [6.07, 6.45) is 2.00. The van der Waals surface area contributed by atoms with Gasteiger partial charge in [0.1, 0.15) is 0 Å². The van der Waals surface area contributed by atoms with Crippen LogP contribution in [-0.4, -0.2) is 34.3 Å². The molecule has 138 valence electrons. The Bertz CT molecular complexity index is 841. The Labute approximate surface area is 153 Å². The minimum Gasteiger partial charge on any atom is -0.455 e. The molecule has 0 spiro atoms. The Morgan fingerprint density at radius 1 is 1.27 bits per heavy atom. The van der Waals surface area contributed by atoms with E-state index in [0.717, 1.165) is 41.0 Å². The highest BCUT2D eigenvalue weighted by Gasteiger charge is 2.28. The highest BCUT2D eigenvalue weighted by Crippen LogP contribution is 2.30. The number of nitrogens with zero attached hydrogens (tertiary/aromatic N) is 3. The third kappa shape index (κ3) is 3.49. The highest BCUT2D eigenvalue weighted by atomic mass is 16.5. The van der Waals surface area contributed by atoms with Gasteiger partial charge in [0, 0.05) is 30.0 Å². The molecule has 3 rings (SSSR count). The van der Waals surface area contributed by atoms with Gasteiger partial charge in [-0.3, -0.25) is 14.3 Å². The maximum absolute atomic E-state index is 12.7. The molecule has 1 aliphatic heterocycles. The third-order valence-electron chi connectivity index (χ3n) is 5.13. The first-order valence-electron chi connectivity index (χ1n) is 8.93. The molecule has 0 unspecified atom stereocenters. The van der Waals surface area contributed by atoms with Crippen LogP contribution in [0.1, 0.15) is 35.9 Å². The monoisotopic (exact) mass is 355 g/mol. The van der Waals surface area contributed by atoms with Crippen LogP contribution in [-0.2, 0) is 34.2 Å². The molecule has 1 amide bonds. The molecule has 0 aliphatic carbocycles. The normalized spacial score (nSPS) is 16.3. The van der Waals surface area contributed by atoms with Gasteiger partial charge in [0.2, 0.25) is 0 Å². The number of carbonyl (C=O) groups is 2. The number of hydrogen-bond acceptors (Lipinski definition) is 4. The summed E-state index contributed by atoms with van der Waals surface area (Å²) in [6.45, 7) is 5.57. The van der Waals surface area contributed by atoms with E-state index >= 15 is 0 Å². The van der Waals surface area contributed by atoms with Crippen molar-refractivity contribution in [2.24, 2.45) is 7.05 Å². The second-order valence-electron chi connectivity index (χ2n) is 6.89. The van der Waals surface area contributed by atoms with E-state index in [-0.39, 0.29) is 25.0 Å². The Morgan fingerprint density at radius 2 is 2.00 bits per heavy atom. The van der Waals surface area contributed by atoms with Crippen molar-refractivity contribution in [1.82, 2.24) is 9.78 Å². The standard InChI is InChI=1S/C20H25N3O3/c1-13-9-10-16-7-5-6-8-18(16)23(13)19(24)12-26-20(25)11-17-14(2)21-22(4)15(17)3/h5-8,13H,9-12H2,1-4H3/t13-/m0/s1. The fraction of sp³-hybridized carbons (Fsp3) is 0.450. The van der Waals surface area contributed by atoms with Crippen LogP contribution in [0.4, 0.5) is 5.69 Å². The van der Waals surface area contributed by atoms with Gasteiger partial charge in [-0.15, -0.1) is 0 Å². The molecule has 6 heteroatoms. The number of fused-ring (bicyclic) bond motifs is 1. The van der Waals surface area contributed by atoms with E-state index in [9.17, 15) is 9.59 Å². The lowest BCUT2D eigenvalue weighted by Gasteiger charge is -2.35. The third-order valence-corrected chi connectivity index (χ3v) is 5.13. The van der Waals surface area contributed by atoms with Gasteiger partial charge in [0.25, 0.3) is 5.91 Å². The molecule has 0 saturated carbocycles. The van der Waals surface area contributed by atoms with E-state index in [1.165, 1.54) is 0 Å². The molecule has 1 aromatic carbocycles. The summed E-state index contributed by atoms with van der Waals surface area (Å²) in [5, 5.41) is 4.30. The molecule has 26 heavy (non-hydrogen) atoms. The van der Waals surface area contributed by atoms with Crippen LogP contribution in [0.3, 0.4) is 0 Å². The van der Waals surface area contributed by atoms with Crippen LogP contribution in [0.2, 0.25) is 0 Å². The van der Waals surface area contributed by atoms with E-state index in [1.54, 1.807) is 9.58 Å². The number of ether oxygens (including phenoxy) is 1. The molecular weight excluding hydrogens is 330 g/mol. The van der Waals surface area contributed by atoms with Gasteiger partial charge < -0.3 is 9.64 Å². The number of aromatic nitrogens is 2. The number of anilines is 1.